The molecule has 0 amide bonds. The normalized spacial score (nSPS) is 14.8. The fourth-order valence-corrected chi connectivity index (χ4v) is 2.49. The Morgan fingerprint density at radius 2 is 1.65 bits per heavy atom. The summed E-state index contributed by atoms with van der Waals surface area (Å²) in [7, 11) is 0. The van der Waals surface area contributed by atoms with Gasteiger partial charge in [0.25, 0.3) is 0 Å². The van der Waals surface area contributed by atoms with Crippen molar-refractivity contribution in [3.63, 3.8) is 0 Å². The second-order valence-corrected chi connectivity index (χ2v) is 5.07. The zero-order chi connectivity index (χ0) is 14.1. The molecule has 2 aromatic carbocycles. The molecule has 3 rings (SSSR count). The molecule has 0 spiro atoms. The third kappa shape index (κ3) is 2.23. The van der Waals surface area contributed by atoms with Gasteiger partial charge in [-0.1, -0.05) is 43.3 Å². The van der Waals surface area contributed by atoms with E-state index in [1.165, 1.54) is 5.56 Å². The van der Waals surface area contributed by atoms with E-state index in [1.54, 1.807) is 12.1 Å². The Balaban J connectivity index is 1.86. The van der Waals surface area contributed by atoms with Gasteiger partial charge in [0.2, 0.25) is 0 Å². The summed E-state index contributed by atoms with van der Waals surface area (Å²) in [6, 6.07) is 15.5. The molecule has 0 fully saturated rings. The first-order valence-electron chi connectivity index (χ1n) is 6.59. The molecule has 0 aromatic heterocycles. The van der Waals surface area contributed by atoms with E-state index < -0.39 is 11.9 Å². The van der Waals surface area contributed by atoms with Crippen molar-refractivity contribution in [2.24, 2.45) is 0 Å². The fourth-order valence-electron chi connectivity index (χ4n) is 2.49. The third-order valence-corrected chi connectivity index (χ3v) is 3.62. The highest BCUT2D eigenvalue weighted by atomic mass is 16.6. The van der Waals surface area contributed by atoms with Crippen molar-refractivity contribution in [2.75, 3.05) is 0 Å². The minimum Gasteiger partial charge on any atom is -0.386 e. The molecule has 100 valence electrons. The summed E-state index contributed by atoms with van der Waals surface area (Å²) in [5, 5.41) is 0. The maximum absolute atomic E-state index is 11.6. The summed E-state index contributed by atoms with van der Waals surface area (Å²) in [6.07, 6.45) is 0.891. The lowest BCUT2D eigenvalue weighted by atomic mass is 9.91. The average molecular weight is 266 g/mol. The summed E-state index contributed by atoms with van der Waals surface area (Å²) in [4.78, 5) is 23.0. The zero-order valence-electron chi connectivity index (χ0n) is 11.1. The molecule has 20 heavy (non-hydrogen) atoms. The highest BCUT2D eigenvalue weighted by Gasteiger charge is 2.29. The van der Waals surface area contributed by atoms with Crippen LogP contribution >= 0.6 is 0 Å². The molecule has 0 aliphatic carbocycles. The van der Waals surface area contributed by atoms with Gasteiger partial charge in [0.05, 0.1) is 11.1 Å². The first kappa shape index (κ1) is 12.6. The molecular formula is C17H14O3. The molecule has 0 saturated carbocycles. The molecule has 0 radical (unpaired) electrons. The molecule has 1 heterocycles. The largest absolute Gasteiger partial charge is 0.386 e. The number of carbonyl (C=O) groups is 2. The number of ether oxygens (including phenoxy) is 1. The van der Waals surface area contributed by atoms with Crippen molar-refractivity contribution in [1.82, 2.24) is 0 Å². The van der Waals surface area contributed by atoms with E-state index in [0.717, 1.165) is 12.0 Å². The number of cyclic esters (lactones) is 2. The number of esters is 2. The van der Waals surface area contributed by atoms with Crippen LogP contribution in [-0.4, -0.2) is 11.9 Å². The van der Waals surface area contributed by atoms with E-state index in [0.29, 0.717) is 11.1 Å². The smallest absolute Gasteiger partial charge is 0.346 e. The standard InChI is InChI=1S/C17H14O3/c1-11(9-12-5-3-2-4-6-12)13-7-8-14-15(10-13)17(19)20-16(14)18/h2-8,10-11H,9H2,1H3. The molecule has 1 atom stereocenters. The second-order valence-electron chi connectivity index (χ2n) is 5.07. The number of fused-ring (bicyclic) bond motifs is 1. The highest BCUT2D eigenvalue weighted by Crippen LogP contribution is 2.26. The second kappa shape index (κ2) is 4.93. The SMILES string of the molecule is CC(Cc1ccccc1)c1ccc2c(c1)C(=O)OC2=O. The Morgan fingerprint density at radius 1 is 0.950 bits per heavy atom. The predicted molar refractivity (Wildman–Crippen MR) is 74.7 cm³/mol. The van der Waals surface area contributed by atoms with E-state index in [9.17, 15) is 9.59 Å². The van der Waals surface area contributed by atoms with Crippen LogP contribution in [0.4, 0.5) is 0 Å². The van der Waals surface area contributed by atoms with Crippen molar-refractivity contribution in [1.29, 1.82) is 0 Å². The van der Waals surface area contributed by atoms with Crippen LogP contribution < -0.4 is 0 Å². The average Bonchev–Trinajstić information content (AvgIpc) is 2.75. The summed E-state index contributed by atoms with van der Waals surface area (Å²) in [5.41, 5.74) is 3.04. The third-order valence-electron chi connectivity index (χ3n) is 3.62. The Morgan fingerprint density at radius 3 is 2.40 bits per heavy atom. The minimum absolute atomic E-state index is 0.270. The molecule has 3 heteroatoms. The maximum atomic E-state index is 11.6. The Bertz CT molecular complexity index is 674. The summed E-state index contributed by atoms with van der Waals surface area (Å²) in [6.45, 7) is 2.11. The lowest BCUT2D eigenvalue weighted by Crippen LogP contribution is -2.01. The Kier molecular flexibility index (Phi) is 3.11. The van der Waals surface area contributed by atoms with Crippen LogP contribution in [0.5, 0.6) is 0 Å². The number of hydrogen-bond donors (Lipinski definition) is 0. The van der Waals surface area contributed by atoms with Gasteiger partial charge in [-0.25, -0.2) is 9.59 Å². The lowest BCUT2D eigenvalue weighted by molar-refractivity contribution is 0.0444. The van der Waals surface area contributed by atoms with Gasteiger partial charge in [-0.3, -0.25) is 0 Å². The van der Waals surface area contributed by atoms with Crippen LogP contribution in [0.25, 0.3) is 0 Å². The van der Waals surface area contributed by atoms with E-state index in [1.807, 2.05) is 24.3 Å². The quantitative estimate of drug-likeness (QED) is 0.632. The minimum atomic E-state index is -0.549. The van der Waals surface area contributed by atoms with E-state index >= 15 is 0 Å². The topological polar surface area (TPSA) is 43.4 Å². The maximum Gasteiger partial charge on any atom is 0.346 e. The molecule has 1 aliphatic heterocycles. The van der Waals surface area contributed by atoms with Crippen LogP contribution in [0, 0.1) is 0 Å². The van der Waals surface area contributed by atoms with Gasteiger partial charge < -0.3 is 4.74 Å². The van der Waals surface area contributed by atoms with E-state index in [2.05, 4.69) is 23.8 Å². The van der Waals surface area contributed by atoms with Crippen LogP contribution in [0.2, 0.25) is 0 Å². The van der Waals surface area contributed by atoms with Gasteiger partial charge in [0.15, 0.2) is 0 Å². The fraction of sp³-hybridized carbons (Fsp3) is 0.176. The first-order valence-corrected chi connectivity index (χ1v) is 6.59. The van der Waals surface area contributed by atoms with Crippen LogP contribution in [0.3, 0.4) is 0 Å². The summed E-state index contributed by atoms with van der Waals surface area (Å²) in [5.74, 6) is -0.822. The van der Waals surface area contributed by atoms with Crippen LogP contribution in [0.15, 0.2) is 48.5 Å². The number of rotatable bonds is 3. The van der Waals surface area contributed by atoms with Gasteiger partial charge in [0.1, 0.15) is 0 Å². The van der Waals surface area contributed by atoms with Gasteiger partial charge in [0, 0.05) is 0 Å². The molecule has 0 N–H and O–H groups in total. The van der Waals surface area contributed by atoms with Crippen molar-refractivity contribution >= 4 is 11.9 Å². The molecule has 0 saturated heterocycles. The molecular weight excluding hydrogens is 252 g/mol. The molecule has 0 bridgehead atoms. The Labute approximate surface area is 117 Å². The summed E-state index contributed by atoms with van der Waals surface area (Å²) >= 11 is 0. The zero-order valence-corrected chi connectivity index (χ0v) is 11.1. The highest BCUT2D eigenvalue weighted by molar-refractivity contribution is 6.14. The molecule has 3 nitrogen and oxygen atoms in total. The predicted octanol–water partition coefficient (Wildman–Crippen LogP) is 3.34. The van der Waals surface area contributed by atoms with Crippen molar-refractivity contribution in [3.05, 3.63) is 70.8 Å². The summed E-state index contributed by atoms with van der Waals surface area (Å²) < 4.78 is 4.61. The lowest BCUT2D eigenvalue weighted by Gasteiger charge is -2.12. The number of benzene rings is 2. The van der Waals surface area contributed by atoms with E-state index in [-0.39, 0.29) is 5.92 Å². The monoisotopic (exact) mass is 266 g/mol. The van der Waals surface area contributed by atoms with Gasteiger partial charge in [-0.05, 0) is 35.6 Å². The van der Waals surface area contributed by atoms with Crippen LogP contribution in [-0.2, 0) is 11.2 Å². The van der Waals surface area contributed by atoms with Gasteiger partial charge >= 0.3 is 11.9 Å². The number of hydrogen-bond acceptors (Lipinski definition) is 3. The Hall–Kier alpha value is -2.42. The van der Waals surface area contributed by atoms with Gasteiger partial charge in [-0.15, -0.1) is 0 Å². The van der Waals surface area contributed by atoms with Crippen LogP contribution in [0.1, 0.15) is 44.7 Å². The van der Waals surface area contributed by atoms with Crippen molar-refractivity contribution in [3.8, 4) is 0 Å². The molecule has 1 unspecified atom stereocenters. The van der Waals surface area contributed by atoms with Crippen molar-refractivity contribution in [2.45, 2.75) is 19.3 Å². The molecule has 1 aliphatic rings. The van der Waals surface area contributed by atoms with Crippen molar-refractivity contribution < 1.29 is 14.3 Å². The number of carbonyl (C=O) groups excluding carboxylic acids is 2. The van der Waals surface area contributed by atoms with Gasteiger partial charge in [-0.2, -0.15) is 0 Å². The molecule has 2 aromatic rings. The first-order chi connectivity index (χ1) is 9.65. The van der Waals surface area contributed by atoms with E-state index in [4.69, 9.17) is 0 Å².